The summed E-state index contributed by atoms with van der Waals surface area (Å²) in [5, 5.41) is 11.2. The van der Waals surface area contributed by atoms with Crippen LogP contribution in [0.2, 0.25) is 0 Å². The second-order valence-corrected chi connectivity index (χ2v) is 2.38. The molecule has 0 saturated heterocycles. The Kier molecular flexibility index (Phi) is 2.11. The van der Waals surface area contributed by atoms with E-state index in [1.807, 2.05) is 19.1 Å². The molecule has 11 heavy (non-hydrogen) atoms. The summed E-state index contributed by atoms with van der Waals surface area (Å²) in [7, 11) is 0. The predicted octanol–water partition coefficient (Wildman–Crippen LogP) is 1.39. The van der Waals surface area contributed by atoms with Crippen molar-refractivity contribution >= 4 is 11.9 Å². The number of rotatable bonds is 1. The van der Waals surface area contributed by atoms with Crippen LogP contribution in [0, 0.1) is 6.92 Å². The van der Waals surface area contributed by atoms with Crippen LogP contribution >= 0.6 is 0 Å². The van der Waals surface area contributed by atoms with Gasteiger partial charge in [0.15, 0.2) is 0 Å². The van der Waals surface area contributed by atoms with Gasteiger partial charge in [-0.25, -0.2) is 0 Å². The van der Waals surface area contributed by atoms with Crippen LogP contribution in [0.4, 0.5) is 5.69 Å². The molecule has 0 atom stereocenters. The van der Waals surface area contributed by atoms with Gasteiger partial charge >= 0.3 is 0 Å². The first-order chi connectivity index (χ1) is 5.24. The number of nitrogens with two attached hydrogens (primary N) is 1. The summed E-state index contributed by atoms with van der Waals surface area (Å²) in [4.78, 5) is 0. The van der Waals surface area contributed by atoms with Crippen molar-refractivity contribution in [3.05, 3.63) is 29.3 Å². The fourth-order valence-electron chi connectivity index (χ4n) is 0.868. The topological polar surface area (TPSA) is 58.6 Å². The first kappa shape index (κ1) is 7.60. The third-order valence-electron chi connectivity index (χ3n) is 1.44. The van der Waals surface area contributed by atoms with Crippen molar-refractivity contribution in [2.75, 3.05) is 5.73 Å². The molecule has 0 aliphatic carbocycles. The lowest BCUT2D eigenvalue weighted by Gasteiger charge is -1.99. The molecular formula is C8H10N2O. The van der Waals surface area contributed by atoms with Gasteiger partial charge in [0.2, 0.25) is 0 Å². The van der Waals surface area contributed by atoms with E-state index in [0.29, 0.717) is 5.69 Å². The summed E-state index contributed by atoms with van der Waals surface area (Å²) < 4.78 is 0. The molecule has 0 aromatic heterocycles. The first-order valence-electron chi connectivity index (χ1n) is 3.27. The Labute approximate surface area is 65.1 Å². The van der Waals surface area contributed by atoms with Gasteiger partial charge in [-0.15, -0.1) is 0 Å². The van der Waals surface area contributed by atoms with Gasteiger partial charge in [-0.1, -0.05) is 16.8 Å². The summed E-state index contributed by atoms with van der Waals surface area (Å²) in [6.07, 6.45) is 1.32. The lowest BCUT2D eigenvalue weighted by Crippen LogP contribution is -1.93. The normalized spacial score (nSPS) is 10.6. The molecule has 1 aromatic rings. The minimum atomic E-state index is 0.619. The number of hydrogen-bond acceptors (Lipinski definition) is 3. The third-order valence-corrected chi connectivity index (χ3v) is 1.44. The molecule has 0 amide bonds. The summed E-state index contributed by atoms with van der Waals surface area (Å²) in [6.45, 7) is 1.95. The van der Waals surface area contributed by atoms with Crippen molar-refractivity contribution in [1.29, 1.82) is 0 Å². The van der Waals surface area contributed by atoms with E-state index in [2.05, 4.69) is 5.16 Å². The third kappa shape index (κ3) is 1.70. The van der Waals surface area contributed by atoms with Crippen LogP contribution in [0.5, 0.6) is 0 Å². The van der Waals surface area contributed by atoms with Gasteiger partial charge < -0.3 is 10.9 Å². The van der Waals surface area contributed by atoms with Crippen LogP contribution < -0.4 is 5.73 Å². The predicted molar refractivity (Wildman–Crippen MR) is 45.0 cm³/mol. The van der Waals surface area contributed by atoms with E-state index in [-0.39, 0.29) is 0 Å². The highest BCUT2D eigenvalue weighted by atomic mass is 16.4. The molecular weight excluding hydrogens is 140 g/mol. The monoisotopic (exact) mass is 150 g/mol. The molecule has 3 heteroatoms. The summed E-state index contributed by atoms with van der Waals surface area (Å²) in [5.74, 6) is 0. The molecule has 0 radical (unpaired) electrons. The second kappa shape index (κ2) is 3.05. The number of hydrogen-bond donors (Lipinski definition) is 2. The van der Waals surface area contributed by atoms with E-state index in [4.69, 9.17) is 10.9 Å². The summed E-state index contributed by atoms with van der Waals surface area (Å²) >= 11 is 0. The number of aryl methyl sites for hydroxylation is 1. The highest BCUT2D eigenvalue weighted by Gasteiger charge is 1.94. The van der Waals surface area contributed by atoms with Crippen LogP contribution in [0.3, 0.4) is 0 Å². The quantitative estimate of drug-likeness (QED) is 0.275. The number of benzene rings is 1. The molecule has 1 rings (SSSR count). The van der Waals surface area contributed by atoms with Crippen LogP contribution in [0.25, 0.3) is 0 Å². The van der Waals surface area contributed by atoms with Gasteiger partial charge in [0.05, 0.1) is 6.21 Å². The fraction of sp³-hybridized carbons (Fsp3) is 0.125. The maximum atomic E-state index is 8.25. The van der Waals surface area contributed by atoms with Gasteiger partial charge in [-0.3, -0.25) is 0 Å². The van der Waals surface area contributed by atoms with Gasteiger partial charge in [-0.05, 0) is 19.1 Å². The fourth-order valence-corrected chi connectivity index (χ4v) is 0.868. The molecule has 3 N–H and O–H groups in total. The lowest BCUT2D eigenvalue weighted by molar-refractivity contribution is 0.322. The average molecular weight is 150 g/mol. The zero-order valence-electron chi connectivity index (χ0n) is 6.28. The lowest BCUT2D eigenvalue weighted by atomic mass is 10.1. The van der Waals surface area contributed by atoms with Crippen molar-refractivity contribution in [3.8, 4) is 0 Å². The van der Waals surface area contributed by atoms with Gasteiger partial charge in [0.25, 0.3) is 0 Å². The van der Waals surface area contributed by atoms with Crippen molar-refractivity contribution in [1.82, 2.24) is 0 Å². The van der Waals surface area contributed by atoms with Crippen molar-refractivity contribution in [2.24, 2.45) is 5.16 Å². The maximum Gasteiger partial charge on any atom is 0.0754 e. The number of nitrogens with zero attached hydrogens (tertiary/aromatic N) is 1. The highest BCUT2D eigenvalue weighted by molar-refractivity contribution is 5.86. The Balaban J connectivity index is 3.12. The smallest absolute Gasteiger partial charge is 0.0754 e. The summed E-state index contributed by atoms with van der Waals surface area (Å²) in [6, 6.07) is 5.55. The Bertz CT molecular complexity index is 281. The Hall–Kier alpha value is -1.51. The van der Waals surface area contributed by atoms with E-state index >= 15 is 0 Å². The molecule has 0 aliphatic heterocycles. The van der Waals surface area contributed by atoms with E-state index in [1.54, 1.807) is 6.07 Å². The molecule has 0 saturated carbocycles. The zero-order valence-corrected chi connectivity index (χ0v) is 6.28. The van der Waals surface area contributed by atoms with Crippen LogP contribution in [-0.4, -0.2) is 11.4 Å². The second-order valence-electron chi connectivity index (χ2n) is 2.38. The van der Waals surface area contributed by atoms with Crippen molar-refractivity contribution in [2.45, 2.75) is 6.92 Å². The van der Waals surface area contributed by atoms with Crippen LogP contribution in [0.15, 0.2) is 23.4 Å². The molecule has 0 heterocycles. The molecule has 0 spiro atoms. The Morgan fingerprint density at radius 3 is 2.91 bits per heavy atom. The molecule has 58 valence electrons. The number of anilines is 1. The highest BCUT2D eigenvalue weighted by Crippen LogP contribution is 2.10. The van der Waals surface area contributed by atoms with Gasteiger partial charge in [0.1, 0.15) is 0 Å². The minimum absolute atomic E-state index is 0.619. The number of oxime groups is 1. The Morgan fingerprint density at radius 2 is 2.27 bits per heavy atom. The Morgan fingerprint density at radius 1 is 1.55 bits per heavy atom. The van der Waals surface area contributed by atoms with Crippen LogP contribution in [-0.2, 0) is 0 Å². The standard InChI is InChI=1S/C8H10N2O/c1-6-2-3-8(9)7(4-6)5-10-11/h2-5,11H,9H2,1H3/b10-5+. The molecule has 3 nitrogen and oxygen atoms in total. The molecule has 1 aromatic carbocycles. The van der Waals surface area contributed by atoms with Gasteiger partial charge in [0, 0.05) is 11.3 Å². The first-order valence-corrected chi connectivity index (χ1v) is 3.27. The number of nitrogen functional groups attached to an aromatic ring is 1. The SMILES string of the molecule is Cc1ccc(N)c(/C=N/O)c1. The molecule has 0 fully saturated rings. The van der Waals surface area contributed by atoms with Crippen LogP contribution in [0.1, 0.15) is 11.1 Å². The largest absolute Gasteiger partial charge is 0.411 e. The van der Waals surface area contributed by atoms with Gasteiger partial charge in [-0.2, -0.15) is 0 Å². The van der Waals surface area contributed by atoms with Crippen molar-refractivity contribution < 1.29 is 5.21 Å². The maximum absolute atomic E-state index is 8.25. The van der Waals surface area contributed by atoms with E-state index in [1.165, 1.54) is 6.21 Å². The van der Waals surface area contributed by atoms with E-state index < -0.39 is 0 Å². The molecule has 0 bridgehead atoms. The minimum Gasteiger partial charge on any atom is -0.411 e. The molecule has 0 unspecified atom stereocenters. The molecule has 0 aliphatic rings. The average Bonchev–Trinajstić information content (AvgIpc) is 1.98. The van der Waals surface area contributed by atoms with E-state index in [0.717, 1.165) is 11.1 Å². The zero-order chi connectivity index (χ0) is 8.27. The summed E-state index contributed by atoms with van der Waals surface area (Å²) in [5.41, 5.74) is 8.03. The van der Waals surface area contributed by atoms with Crippen molar-refractivity contribution in [3.63, 3.8) is 0 Å². The van der Waals surface area contributed by atoms with E-state index in [9.17, 15) is 0 Å².